The summed E-state index contributed by atoms with van der Waals surface area (Å²) >= 11 is 7.07. The first-order valence-electron chi connectivity index (χ1n) is 7.51. The van der Waals surface area contributed by atoms with Gasteiger partial charge in [0.25, 0.3) is 0 Å². The molecule has 0 unspecified atom stereocenters. The van der Waals surface area contributed by atoms with Crippen LogP contribution in [-0.2, 0) is 0 Å². The summed E-state index contributed by atoms with van der Waals surface area (Å²) in [6.45, 7) is 1.67. The fraction of sp³-hybridized carbons (Fsp3) is 0.0625. The molecule has 4 aromatic heterocycles. The SMILES string of the molecule is Cc1cc(Cl)nc2c1c(=O)c(C(=O)O)cn2-c1nc(-c2cncnc2)ns1. The summed E-state index contributed by atoms with van der Waals surface area (Å²) in [6.07, 6.45) is 5.69. The summed E-state index contributed by atoms with van der Waals surface area (Å²) in [4.78, 5) is 40.6. The second-order valence-electron chi connectivity index (χ2n) is 5.54. The number of hydrogen-bond acceptors (Lipinski definition) is 8. The zero-order valence-corrected chi connectivity index (χ0v) is 15.2. The predicted molar refractivity (Wildman–Crippen MR) is 98.5 cm³/mol. The molecule has 0 aliphatic rings. The maximum atomic E-state index is 12.6. The molecular formula is C16H9ClN6O3S. The standard InChI is InChI=1S/C16H9ClN6O3S/c1-7-2-10(17)20-14-11(7)12(24)9(15(25)26)5-23(14)16-21-13(22-27-16)8-3-18-6-19-4-8/h2-6H,1H3,(H,25,26). The zero-order chi connectivity index (χ0) is 19.1. The molecule has 0 saturated carbocycles. The third-order valence-corrected chi connectivity index (χ3v) is 4.70. The van der Waals surface area contributed by atoms with Gasteiger partial charge in [-0.15, -0.1) is 0 Å². The summed E-state index contributed by atoms with van der Waals surface area (Å²) in [5.74, 6) is -0.968. The highest BCUT2D eigenvalue weighted by atomic mass is 35.5. The van der Waals surface area contributed by atoms with Gasteiger partial charge >= 0.3 is 5.97 Å². The van der Waals surface area contributed by atoms with Crippen LogP contribution >= 0.6 is 23.1 Å². The van der Waals surface area contributed by atoms with Crippen molar-refractivity contribution >= 4 is 40.1 Å². The van der Waals surface area contributed by atoms with Gasteiger partial charge < -0.3 is 5.11 Å². The van der Waals surface area contributed by atoms with Crippen LogP contribution in [0.1, 0.15) is 15.9 Å². The third kappa shape index (κ3) is 2.94. The molecule has 4 aromatic rings. The summed E-state index contributed by atoms with van der Waals surface area (Å²) in [7, 11) is 0. The number of aromatic nitrogens is 6. The topological polar surface area (TPSA) is 124 Å². The maximum Gasteiger partial charge on any atom is 0.341 e. The third-order valence-electron chi connectivity index (χ3n) is 3.79. The van der Waals surface area contributed by atoms with Crippen molar-refractivity contribution in [1.82, 2.24) is 28.9 Å². The molecule has 0 aliphatic carbocycles. The van der Waals surface area contributed by atoms with Gasteiger partial charge in [-0.3, -0.25) is 9.36 Å². The van der Waals surface area contributed by atoms with Gasteiger partial charge in [0.15, 0.2) is 11.5 Å². The van der Waals surface area contributed by atoms with E-state index in [0.717, 1.165) is 11.5 Å². The van der Waals surface area contributed by atoms with Gasteiger partial charge in [-0.1, -0.05) is 11.6 Å². The van der Waals surface area contributed by atoms with E-state index in [1.165, 1.54) is 23.2 Å². The number of nitrogens with zero attached hydrogens (tertiary/aromatic N) is 6. The molecule has 0 radical (unpaired) electrons. The normalized spacial score (nSPS) is 11.0. The number of carboxylic acid groups (broad SMARTS) is 1. The van der Waals surface area contributed by atoms with E-state index in [0.29, 0.717) is 22.1 Å². The van der Waals surface area contributed by atoms with Crippen molar-refractivity contribution in [1.29, 1.82) is 0 Å². The van der Waals surface area contributed by atoms with Crippen molar-refractivity contribution < 1.29 is 9.90 Å². The highest BCUT2D eigenvalue weighted by molar-refractivity contribution is 7.08. The van der Waals surface area contributed by atoms with Crippen LogP contribution < -0.4 is 5.43 Å². The molecule has 4 rings (SSSR count). The smallest absolute Gasteiger partial charge is 0.341 e. The average molecular weight is 401 g/mol. The average Bonchev–Trinajstić information content (AvgIpc) is 3.11. The monoisotopic (exact) mass is 400 g/mol. The molecule has 11 heteroatoms. The first-order chi connectivity index (χ1) is 13.0. The van der Waals surface area contributed by atoms with Gasteiger partial charge in [0.05, 0.1) is 10.9 Å². The highest BCUT2D eigenvalue weighted by Crippen LogP contribution is 2.24. The van der Waals surface area contributed by atoms with Crippen LogP contribution in [0.15, 0.2) is 35.8 Å². The van der Waals surface area contributed by atoms with Gasteiger partial charge in [0, 0.05) is 30.1 Å². The van der Waals surface area contributed by atoms with E-state index in [4.69, 9.17) is 11.6 Å². The van der Waals surface area contributed by atoms with E-state index in [1.54, 1.807) is 19.3 Å². The second-order valence-corrected chi connectivity index (χ2v) is 6.65. The Morgan fingerprint density at radius 1 is 1.26 bits per heavy atom. The zero-order valence-electron chi connectivity index (χ0n) is 13.6. The first-order valence-corrected chi connectivity index (χ1v) is 8.66. The lowest BCUT2D eigenvalue weighted by Gasteiger charge is -2.10. The summed E-state index contributed by atoms with van der Waals surface area (Å²) in [5.41, 5.74) is 0.312. The predicted octanol–water partition coefficient (Wildman–Crippen LogP) is 2.35. The Hall–Kier alpha value is -3.24. The Balaban J connectivity index is 2.02. The lowest BCUT2D eigenvalue weighted by Crippen LogP contribution is -2.20. The summed E-state index contributed by atoms with van der Waals surface area (Å²) in [5, 5.41) is 10.1. The van der Waals surface area contributed by atoms with E-state index in [1.807, 2.05) is 0 Å². The van der Waals surface area contributed by atoms with Crippen LogP contribution in [0.4, 0.5) is 0 Å². The van der Waals surface area contributed by atoms with Crippen LogP contribution in [0.2, 0.25) is 5.15 Å². The fourth-order valence-electron chi connectivity index (χ4n) is 2.60. The molecule has 0 atom stereocenters. The van der Waals surface area contributed by atoms with Crippen LogP contribution in [0.3, 0.4) is 0 Å². The van der Waals surface area contributed by atoms with Gasteiger partial charge in [0.2, 0.25) is 10.6 Å². The van der Waals surface area contributed by atoms with Gasteiger partial charge in [0.1, 0.15) is 17.0 Å². The molecule has 0 bridgehead atoms. The van der Waals surface area contributed by atoms with Crippen molar-refractivity contribution in [3.63, 3.8) is 0 Å². The number of aromatic carboxylic acids is 1. The first kappa shape index (κ1) is 17.2. The van der Waals surface area contributed by atoms with Crippen molar-refractivity contribution in [2.75, 3.05) is 0 Å². The number of aryl methyl sites for hydroxylation is 1. The molecule has 9 nitrogen and oxygen atoms in total. The maximum absolute atomic E-state index is 12.6. The van der Waals surface area contributed by atoms with E-state index in [2.05, 4.69) is 24.3 Å². The van der Waals surface area contributed by atoms with Crippen molar-refractivity contribution in [2.24, 2.45) is 0 Å². The highest BCUT2D eigenvalue weighted by Gasteiger charge is 2.20. The second kappa shape index (κ2) is 6.49. The van der Waals surface area contributed by atoms with Crippen LogP contribution in [0, 0.1) is 6.92 Å². The summed E-state index contributed by atoms with van der Waals surface area (Å²) < 4.78 is 5.66. The molecule has 1 N–H and O–H groups in total. The molecule has 0 aliphatic heterocycles. The van der Waals surface area contributed by atoms with Crippen LogP contribution in [0.25, 0.3) is 27.6 Å². The Morgan fingerprint density at radius 2 is 2.00 bits per heavy atom. The molecule has 134 valence electrons. The minimum atomic E-state index is -1.34. The van der Waals surface area contributed by atoms with E-state index in [-0.39, 0.29) is 16.2 Å². The Bertz CT molecular complexity index is 1250. The number of fused-ring (bicyclic) bond motifs is 1. The molecule has 4 heterocycles. The molecule has 0 amide bonds. The van der Waals surface area contributed by atoms with Crippen LogP contribution in [-0.4, -0.2) is 40.0 Å². The van der Waals surface area contributed by atoms with Gasteiger partial charge in [-0.05, 0) is 18.6 Å². The van der Waals surface area contributed by atoms with Crippen molar-refractivity contribution in [3.05, 3.63) is 57.5 Å². The molecule has 0 aromatic carbocycles. The summed E-state index contributed by atoms with van der Waals surface area (Å²) in [6, 6.07) is 1.51. The molecule has 0 spiro atoms. The number of hydrogen-bond donors (Lipinski definition) is 1. The van der Waals surface area contributed by atoms with Gasteiger partial charge in [-0.25, -0.2) is 19.7 Å². The number of pyridine rings is 2. The molecular weight excluding hydrogens is 392 g/mol. The molecule has 0 fully saturated rings. The minimum absolute atomic E-state index is 0.166. The molecule has 27 heavy (non-hydrogen) atoms. The molecule has 0 saturated heterocycles. The van der Waals surface area contributed by atoms with Crippen LogP contribution in [0.5, 0.6) is 0 Å². The lowest BCUT2D eigenvalue weighted by molar-refractivity contribution is 0.0695. The van der Waals surface area contributed by atoms with E-state index < -0.39 is 17.0 Å². The number of rotatable bonds is 3. The van der Waals surface area contributed by atoms with E-state index >= 15 is 0 Å². The van der Waals surface area contributed by atoms with Crippen molar-refractivity contribution in [3.8, 4) is 16.5 Å². The largest absolute Gasteiger partial charge is 0.477 e. The lowest BCUT2D eigenvalue weighted by atomic mass is 10.1. The Morgan fingerprint density at radius 3 is 2.70 bits per heavy atom. The number of halogens is 1. The Kier molecular flexibility index (Phi) is 4.13. The van der Waals surface area contributed by atoms with Gasteiger partial charge in [-0.2, -0.15) is 9.36 Å². The number of carbonyl (C=O) groups is 1. The minimum Gasteiger partial charge on any atom is -0.477 e. The quantitative estimate of drug-likeness (QED) is 0.519. The van der Waals surface area contributed by atoms with Crippen molar-refractivity contribution in [2.45, 2.75) is 6.92 Å². The Labute approximate surface area is 160 Å². The fourth-order valence-corrected chi connectivity index (χ4v) is 3.51. The van der Waals surface area contributed by atoms with E-state index in [9.17, 15) is 14.7 Å². The number of carboxylic acids is 1.